The lowest BCUT2D eigenvalue weighted by atomic mass is 10.2. The molecule has 8 nitrogen and oxygen atoms in total. The maximum Gasteiger partial charge on any atom is 0.257 e. The Balaban J connectivity index is 1.39. The third-order valence-electron chi connectivity index (χ3n) is 6.08. The molecule has 1 N–H and O–H groups in total. The van der Waals surface area contributed by atoms with Crippen LogP contribution in [0.15, 0.2) is 77.9 Å². The second-order valence-corrected chi connectivity index (χ2v) is 8.20. The topological polar surface area (TPSA) is 85.3 Å². The molecular weight excluding hydrogens is 430 g/mol. The van der Waals surface area contributed by atoms with Crippen molar-refractivity contribution < 1.29 is 9.47 Å². The predicted octanol–water partition coefficient (Wildman–Crippen LogP) is 3.68. The molecule has 2 aromatic carbocycles. The Bertz CT molecular complexity index is 1520. The molecule has 1 aliphatic rings. The molecule has 8 heteroatoms. The van der Waals surface area contributed by atoms with Crippen molar-refractivity contribution in [1.82, 2.24) is 19.5 Å². The van der Waals surface area contributed by atoms with E-state index in [1.807, 2.05) is 36.4 Å². The molecule has 0 aliphatic carbocycles. The molecular formula is C26H23N5O3. The lowest BCUT2D eigenvalue weighted by molar-refractivity contribution is 0.122. The van der Waals surface area contributed by atoms with Crippen molar-refractivity contribution >= 4 is 27.6 Å². The molecule has 0 spiro atoms. The highest BCUT2D eigenvalue weighted by Gasteiger charge is 2.15. The first-order chi connectivity index (χ1) is 16.8. The van der Waals surface area contributed by atoms with E-state index in [-0.39, 0.29) is 5.56 Å². The molecule has 4 heterocycles. The van der Waals surface area contributed by atoms with E-state index in [2.05, 4.69) is 27.0 Å². The van der Waals surface area contributed by atoms with Gasteiger partial charge in [0, 0.05) is 42.6 Å². The van der Waals surface area contributed by atoms with Gasteiger partial charge in [-0.1, -0.05) is 6.07 Å². The molecule has 1 fully saturated rings. The fourth-order valence-electron chi connectivity index (χ4n) is 4.33. The highest BCUT2D eigenvalue weighted by molar-refractivity contribution is 5.87. The molecule has 0 saturated carbocycles. The van der Waals surface area contributed by atoms with Crippen LogP contribution in [0.3, 0.4) is 0 Å². The van der Waals surface area contributed by atoms with E-state index in [0.29, 0.717) is 18.3 Å². The minimum atomic E-state index is -0.161. The van der Waals surface area contributed by atoms with Gasteiger partial charge in [-0.05, 0) is 54.1 Å². The summed E-state index contributed by atoms with van der Waals surface area (Å²) in [5.74, 6) is 1.18. The monoisotopic (exact) mass is 453 g/mol. The average molecular weight is 454 g/mol. The lowest BCUT2D eigenvalue weighted by Gasteiger charge is -2.28. The number of pyridine rings is 2. The summed E-state index contributed by atoms with van der Waals surface area (Å²) in [6.07, 6.45) is 3.48. The number of fused-ring (bicyclic) bond motifs is 2. The van der Waals surface area contributed by atoms with Crippen molar-refractivity contribution in [3.05, 3.63) is 89.0 Å². The average Bonchev–Trinajstić information content (AvgIpc) is 3.31. The Hall–Kier alpha value is -4.17. The first-order valence-electron chi connectivity index (χ1n) is 11.3. The number of nitrogens with zero attached hydrogens (tertiary/aromatic N) is 4. The van der Waals surface area contributed by atoms with E-state index < -0.39 is 0 Å². The molecule has 0 atom stereocenters. The van der Waals surface area contributed by atoms with Gasteiger partial charge >= 0.3 is 0 Å². The van der Waals surface area contributed by atoms with E-state index >= 15 is 0 Å². The Morgan fingerprint density at radius 3 is 2.71 bits per heavy atom. The Morgan fingerprint density at radius 2 is 1.85 bits per heavy atom. The molecule has 34 heavy (non-hydrogen) atoms. The Morgan fingerprint density at radius 1 is 1.00 bits per heavy atom. The van der Waals surface area contributed by atoms with Crippen LogP contribution < -0.4 is 15.2 Å². The standard InChI is InChI=1S/C26H23N5O3/c32-25-7-5-20-23(2-1-3-24(20)34-17-18-8-10-27-11-9-18)31(25)26-28-21-6-4-19(16-22(21)29-26)30-12-14-33-15-13-30/h1-11,16H,12-15,17H2,(H,28,29). The second kappa shape index (κ2) is 8.64. The number of imidazole rings is 1. The number of benzene rings is 2. The summed E-state index contributed by atoms with van der Waals surface area (Å²) in [7, 11) is 0. The molecule has 0 bridgehead atoms. The van der Waals surface area contributed by atoms with Crippen LogP contribution in [0.25, 0.3) is 27.9 Å². The van der Waals surface area contributed by atoms with Gasteiger partial charge in [-0.3, -0.25) is 9.78 Å². The molecule has 1 aliphatic heterocycles. The minimum absolute atomic E-state index is 0.161. The van der Waals surface area contributed by atoms with Gasteiger partial charge < -0.3 is 19.4 Å². The Labute approximate surface area is 195 Å². The summed E-state index contributed by atoms with van der Waals surface area (Å²) in [5, 5.41) is 0.839. The van der Waals surface area contributed by atoms with Gasteiger partial charge in [-0.2, -0.15) is 0 Å². The minimum Gasteiger partial charge on any atom is -0.488 e. The summed E-state index contributed by atoms with van der Waals surface area (Å²) < 4.78 is 13.2. The molecule has 6 rings (SSSR count). The van der Waals surface area contributed by atoms with Crippen LogP contribution in [0, 0.1) is 0 Å². The predicted molar refractivity (Wildman–Crippen MR) is 131 cm³/mol. The fraction of sp³-hybridized carbons (Fsp3) is 0.192. The zero-order chi connectivity index (χ0) is 22.9. The van der Waals surface area contributed by atoms with Gasteiger partial charge in [0.15, 0.2) is 0 Å². The number of aromatic nitrogens is 4. The summed E-state index contributed by atoms with van der Waals surface area (Å²) in [6, 6.07) is 19.0. The number of nitrogens with one attached hydrogen (secondary N) is 1. The number of hydrogen-bond acceptors (Lipinski definition) is 6. The van der Waals surface area contributed by atoms with Gasteiger partial charge in [-0.25, -0.2) is 9.55 Å². The number of ether oxygens (including phenoxy) is 2. The van der Waals surface area contributed by atoms with Crippen LogP contribution in [0.5, 0.6) is 5.75 Å². The van der Waals surface area contributed by atoms with Gasteiger partial charge in [0.25, 0.3) is 5.56 Å². The highest BCUT2D eigenvalue weighted by atomic mass is 16.5. The van der Waals surface area contributed by atoms with Crippen molar-refractivity contribution in [3.63, 3.8) is 0 Å². The first kappa shape index (κ1) is 20.4. The van der Waals surface area contributed by atoms with E-state index in [9.17, 15) is 4.79 Å². The maximum absolute atomic E-state index is 12.9. The lowest BCUT2D eigenvalue weighted by Crippen LogP contribution is -2.36. The molecule has 3 aromatic heterocycles. The van der Waals surface area contributed by atoms with E-state index in [1.165, 1.54) is 0 Å². The molecule has 5 aromatic rings. The van der Waals surface area contributed by atoms with Crippen molar-refractivity contribution in [2.75, 3.05) is 31.2 Å². The van der Waals surface area contributed by atoms with E-state index in [4.69, 9.17) is 14.5 Å². The number of aromatic amines is 1. The molecule has 1 saturated heterocycles. The Kier molecular flexibility index (Phi) is 5.20. The first-order valence-corrected chi connectivity index (χ1v) is 11.3. The summed E-state index contributed by atoms with van der Waals surface area (Å²) in [5.41, 5.74) is 4.38. The van der Waals surface area contributed by atoms with Crippen LogP contribution in [0.2, 0.25) is 0 Å². The number of morpholine rings is 1. The van der Waals surface area contributed by atoms with Crippen molar-refractivity contribution in [3.8, 4) is 11.7 Å². The van der Waals surface area contributed by atoms with E-state index in [1.54, 1.807) is 29.1 Å². The van der Waals surface area contributed by atoms with Crippen molar-refractivity contribution in [2.45, 2.75) is 6.61 Å². The van der Waals surface area contributed by atoms with Gasteiger partial charge in [-0.15, -0.1) is 0 Å². The third kappa shape index (κ3) is 3.78. The number of rotatable bonds is 5. The summed E-state index contributed by atoms with van der Waals surface area (Å²) >= 11 is 0. The van der Waals surface area contributed by atoms with Crippen LogP contribution in [-0.2, 0) is 11.3 Å². The number of anilines is 1. The van der Waals surface area contributed by atoms with Gasteiger partial charge in [0.1, 0.15) is 12.4 Å². The summed E-state index contributed by atoms with van der Waals surface area (Å²) in [4.78, 5) is 27.4. The molecule has 170 valence electrons. The summed E-state index contributed by atoms with van der Waals surface area (Å²) in [6.45, 7) is 3.57. The molecule has 0 unspecified atom stereocenters. The number of H-pyrrole nitrogens is 1. The van der Waals surface area contributed by atoms with Crippen molar-refractivity contribution in [2.24, 2.45) is 0 Å². The van der Waals surface area contributed by atoms with E-state index in [0.717, 1.165) is 59.5 Å². The molecule has 0 radical (unpaired) electrons. The fourth-order valence-corrected chi connectivity index (χ4v) is 4.33. The SMILES string of the molecule is O=c1ccc2c(OCc3ccncc3)cccc2n1-c1nc2cc(N3CCOCC3)ccc2[nH]1. The second-order valence-electron chi connectivity index (χ2n) is 8.20. The van der Waals surface area contributed by atoms with Crippen molar-refractivity contribution in [1.29, 1.82) is 0 Å². The van der Waals surface area contributed by atoms with Crippen LogP contribution in [-0.4, -0.2) is 45.8 Å². The highest BCUT2D eigenvalue weighted by Crippen LogP contribution is 2.28. The van der Waals surface area contributed by atoms with Crippen LogP contribution >= 0.6 is 0 Å². The zero-order valence-electron chi connectivity index (χ0n) is 18.5. The van der Waals surface area contributed by atoms with Gasteiger partial charge in [0.2, 0.25) is 5.95 Å². The maximum atomic E-state index is 12.9. The third-order valence-corrected chi connectivity index (χ3v) is 6.08. The number of hydrogen-bond donors (Lipinski definition) is 1. The van der Waals surface area contributed by atoms with Crippen LogP contribution in [0.1, 0.15) is 5.56 Å². The smallest absolute Gasteiger partial charge is 0.257 e. The van der Waals surface area contributed by atoms with Crippen LogP contribution in [0.4, 0.5) is 5.69 Å². The normalized spacial score (nSPS) is 14.1. The quantitative estimate of drug-likeness (QED) is 0.437. The molecule has 0 amide bonds. The zero-order valence-corrected chi connectivity index (χ0v) is 18.5. The van der Waals surface area contributed by atoms with Gasteiger partial charge in [0.05, 0.1) is 29.8 Å². The largest absolute Gasteiger partial charge is 0.488 e.